The minimum absolute atomic E-state index is 0.190. The van der Waals surface area contributed by atoms with Gasteiger partial charge < -0.3 is 10.1 Å². The second kappa shape index (κ2) is 7.38. The summed E-state index contributed by atoms with van der Waals surface area (Å²) in [5.74, 6) is 0.300. The molecule has 0 saturated carbocycles. The molecular weight excluding hydrogens is 319 g/mol. The SMILES string of the molecule is CC[C@H](NC(=O)c1ccc(C(F)(F)F)cc1)c1ccc(OC)cc1. The molecule has 0 radical (unpaired) electrons. The van der Waals surface area contributed by atoms with Gasteiger partial charge in [0.2, 0.25) is 0 Å². The highest BCUT2D eigenvalue weighted by molar-refractivity contribution is 5.94. The Bertz CT molecular complexity index is 679. The number of hydrogen-bond donors (Lipinski definition) is 1. The molecule has 0 aliphatic rings. The van der Waals surface area contributed by atoms with Gasteiger partial charge in [-0.1, -0.05) is 19.1 Å². The van der Waals surface area contributed by atoms with Crippen LogP contribution in [0.2, 0.25) is 0 Å². The molecule has 1 atom stereocenters. The Morgan fingerprint density at radius 2 is 1.67 bits per heavy atom. The zero-order valence-electron chi connectivity index (χ0n) is 13.4. The molecule has 24 heavy (non-hydrogen) atoms. The fraction of sp³-hybridized carbons (Fsp3) is 0.278. The van der Waals surface area contributed by atoms with E-state index < -0.39 is 17.6 Å². The molecule has 0 unspecified atom stereocenters. The van der Waals surface area contributed by atoms with Crippen molar-refractivity contribution in [2.45, 2.75) is 25.6 Å². The summed E-state index contributed by atoms with van der Waals surface area (Å²) in [6.45, 7) is 1.92. The van der Waals surface area contributed by atoms with Crippen LogP contribution in [0.4, 0.5) is 13.2 Å². The Labute approximate surface area is 138 Å². The van der Waals surface area contributed by atoms with Crippen LogP contribution in [-0.4, -0.2) is 13.0 Å². The molecule has 0 bridgehead atoms. The fourth-order valence-electron chi connectivity index (χ4n) is 2.31. The van der Waals surface area contributed by atoms with Crippen molar-refractivity contribution in [3.8, 4) is 5.75 Å². The van der Waals surface area contributed by atoms with Crippen molar-refractivity contribution in [2.24, 2.45) is 0 Å². The van der Waals surface area contributed by atoms with Gasteiger partial charge in [-0.2, -0.15) is 13.2 Å². The van der Waals surface area contributed by atoms with Gasteiger partial charge in [-0.3, -0.25) is 4.79 Å². The highest BCUT2D eigenvalue weighted by Gasteiger charge is 2.30. The van der Waals surface area contributed by atoms with E-state index in [1.807, 2.05) is 19.1 Å². The van der Waals surface area contributed by atoms with Crippen molar-refractivity contribution in [2.75, 3.05) is 7.11 Å². The van der Waals surface area contributed by atoms with E-state index in [1.54, 1.807) is 19.2 Å². The fourth-order valence-corrected chi connectivity index (χ4v) is 2.31. The minimum atomic E-state index is -4.41. The predicted octanol–water partition coefficient (Wildman–Crippen LogP) is 4.60. The van der Waals surface area contributed by atoms with E-state index in [0.717, 1.165) is 17.7 Å². The lowest BCUT2D eigenvalue weighted by Gasteiger charge is -2.18. The van der Waals surface area contributed by atoms with Gasteiger partial charge in [-0.05, 0) is 48.4 Å². The van der Waals surface area contributed by atoms with Crippen LogP contribution in [0.1, 0.15) is 40.9 Å². The molecule has 6 heteroatoms. The lowest BCUT2D eigenvalue weighted by molar-refractivity contribution is -0.137. The molecule has 1 N–H and O–H groups in total. The van der Waals surface area contributed by atoms with Crippen LogP contribution in [0.25, 0.3) is 0 Å². The number of rotatable bonds is 5. The van der Waals surface area contributed by atoms with Crippen LogP contribution in [0.3, 0.4) is 0 Å². The summed E-state index contributed by atoms with van der Waals surface area (Å²) in [5.41, 5.74) is 0.315. The maximum absolute atomic E-state index is 12.6. The quantitative estimate of drug-likeness (QED) is 0.866. The van der Waals surface area contributed by atoms with Crippen LogP contribution < -0.4 is 10.1 Å². The lowest BCUT2D eigenvalue weighted by atomic mass is 10.0. The molecule has 0 heterocycles. The first-order valence-electron chi connectivity index (χ1n) is 7.47. The standard InChI is InChI=1S/C18H18F3NO2/c1-3-16(12-6-10-15(24-2)11-7-12)22-17(23)13-4-8-14(9-5-13)18(19,20)21/h4-11,16H,3H2,1-2H3,(H,22,23)/t16-/m0/s1. The van der Waals surface area contributed by atoms with Gasteiger partial charge in [0.1, 0.15) is 5.75 Å². The third kappa shape index (κ3) is 4.28. The van der Waals surface area contributed by atoms with E-state index in [-0.39, 0.29) is 11.6 Å². The van der Waals surface area contributed by atoms with Gasteiger partial charge in [0.05, 0.1) is 18.7 Å². The largest absolute Gasteiger partial charge is 0.497 e. The highest BCUT2D eigenvalue weighted by atomic mass is 19.4. The Balaban J connectivity index is 2.11. The van der Waals surface area contributed by atoms with E-state index in [2.05, 4.69) is 5.32 Å². The number of methoxy groups -OCH3 is 1. The molecule has 2 rings (SSSR count). The van der Waals surface area contributed by atoms with Crippen molar-refractivity contribution < 1.29 is 22.7 Å². The monoisotopic (exact) mass is 337 g/mol. The molecule has 2 aromatic carbocycles. The average molecular weight is 337 g/mol. The van der Waals surface area contributed by atoms with Crippen molar-refractivity contribution in [3.05, 3.63) is 65.2 Å². The Kier molecular flexibility index (Phi) is 5.49. The molecule has 2 aromatic rings. The molecule has 1 amide bonds. The van der Waals surface area contributed by atoms with Gasteiger partial charge >= 0.3 is 6.18 Å². The molecule has 0 aliphatic heterocycles. The zero-order chi connectivity index (χ0) is 17.7. The summed E-state index contributed by atoms with van der Waals surface area (Å²) in [6, 6.07) is 11.2. The van der Waals surface area contributed by atoms with Crippen LogP contribution >= 0.6 is 0 Å². The predicted molar refractivity (Wildman–Crippen MR) is 84.9 cm³/mol. The first-order chi connectivity index (χ1) is 11.3. The van der Waals surface area contributed by atoms with Crippen molar-refractivity contribution in [1.29, 1.82) is 0 Å². The first kappa shape index (κ1) is 17.8. The number of hydrogen-bond acceptors (Lipinski definition) is 2. The normalized spacial score (nSPS) is 12.5. The topological polar surface area (TPSA) is 38.3 Å². The maximum atomic E-state index is 12.6. The third-order valence-corrected chi connectivity index (χ3v) is 3.71. The van der Waals surface area contributed by atoms with Crippen LogP contribution in [0.5, 0.6) is 5.75 Å². The Morgan fingerprint density at radius 1 is 1.08 bits per heavy atom. The number of halogens is 3. The molecular formula is C18H18F3NO2. The van der Waals surface area contributed by atoms with E-state index in [1.165, 1.54) is 12.1 Å². The summed E-state index contributed by atoms with van der Waals surface area (Å²) in [5, 5.41) is 2.83. The summed E-state index contributed by atoms with van der Waals surface area (Å²) in [7, 11) is 1.57. The van der Waals surface area contributed by atoms with Crippen LogP contribution in [0.15, 0.2) is 48.5 Å². The van der Waals surface area contributed by atoms with Gasteiger partial charge in [0.25, 0.3) is 5.91 Å². The first-order valence-corrected chi connectivity index (χ1v) is 7.47. The van der Waals surface area contributed by atoms with Crippen molar-refractivity contribution in [1.82, 2.24) is 5.32 Å². The van der Waals surface area contributed by atoms with Gasteiger partial charge in [0.15, 0.2) is 0 Å². The number of nitrogens with one attached hydrogen (secondary N) is 1. The molecule has 128 valence electrons. The van der Waals surface area contributed by atoms with Gasteiger partial charge in [-0.25, -0.2) is 0 Å². The van der Waals surface area contributed by atoms with Crippen molar-refractivity contribution >= 4 is 5.91 Å². The van der Waals surface area contributed by atoms with E-state index >= 15 is 0 Å². The second-order valence-corrected chi connectivity index (χ2v) is 5.28. The molecule has 0 aromatic heterocycles. The summed E-state index contributed by atoms with van der Waals surface area (Å²) in [6.07, 6.45) is -3.76. The Morgan fingerprint density at radius 3 is 2.12 bits per heavy atom. The molecule has 3 nitrogen and oxygen atoms in total. The number of carbonyl (C=O) groups excluding carboxylic acids is 1. The number of alkyl halides is 3. The highest BCUT2D eigenvalue weighted by Crippen LogP contribution is 2.29. The van der Waals surface area contributed by atoms with E-state index in [9.17, 15) is 18.0 Å². The van der Waals surface area contributed by atoms with Crippen LogP contribution in [-0.2, 0) is 6.18 Å². The van der Waals surface area contributed by atoms with Gasteiger partial charge in [-0.15, -0.1) is 0 Å². The molecule has 0 fully saturated rings. The average Bonchev–Trinajstić information content (AvgIpc) is 2.59. The maximum Gasteiger partial charge on any atom is 0.416 e. The van der Waals surface area contributed by atoms with E-state index in [0.29, 0.717) is 12.2 Å². The summed E-state index contributed by atoms with van der Waals surface area (Å²) >= 11 is 0. The Hall–Kier alpha value is -2.50. The number of amides is 1. The smallest absolute Gasteiger partial charge is 0.416 e. The zero-order valence-corrected chi connectivity index (χ0v) is 13.4. The van der Waals surface area contributed by atoms with Gasteiger partial charge in [0, 0.05) is 5.56 Å². The van der Waals surface area contributed by atoms with Crippen molar-refractivity contribution in [3.63, 3.8) is 0 Å². The molecule has 0 saturated heterocycles. The molecule has 0 spiro atoms. The third-order valence-electron chi connectivity index (χ3n) is 3.71. The molecule has 0 aliphatic carbocycles. The number of carbonyl (C=O) groups is 1. The van der Waals surface area contributed by atoms with Crippen LogP contribution in [0, 0.1) is 0 Å². The summed E-state index contributed by atoms with van der Waals surface area (Å²) in [4.78, 5) is 12.3. The minimum Gasteiger partial charge on any atom is -0.497 e. The van der Waals surface area contributed by atoms with E-state index in [4.69, 9.17) is 4.74 Å². The summed E-state index contributed by atoms with van der Waals surface area (Å²) < 4.78 is 42.8. The lowest BCUT2D eigenvalue weighted by Crippen LogP contribution is -2.28. The number of ether oxygens (including phenoxy) is 1. The number of benzene rings is 2. The second-order valence-electron chi connectivity index (χ2n) is 5.28.